The van der Waals surface area contributed by atoms with Crippen molar-refractivity contribution in [3.8, 4) is 0 Å². The van der Waals surface area contributed by atoms with Gasteiger partial charge in [-0.1, -0.05) is 27.2 Å². The Labute approximate surface area is 106 Å². The number of rotatable bonds is 7. The Morgan fingerprint density at radius 1 is 1.35 bits per heavy atom. The summed E-state index contributed by atoms with van der Waals surface area (Å²) >= 11 is 0. The Hall–Kier alpha value is -0.810. The Kier molecular flexibility index (Phi) is 8.80. The van der Waals surface area contributed by atoms with E-state index in [-0.39, 0.29) is 0 Å². The van der Waals surface area contributed by atoms with Gasteiger partial charge in [0.25, 0.3) is 0 Å². The molecule has 0 fully saturated rings. The molecular formula is C12H29N5. The van der Waals surface area contributed by atoms with Crippen LogP contribution in [0.5, 0.6) is 0 Å². The summed E-state index contributed by atoms with van der Waals surface area (Å²) < 4.78 is 0. The number of unbranched alkanes of at least 4 members (excludes halogenated alkanes) is 1. The quantitative estimate of drug-likeness (QED) is 0.203. The van der Waals surface area contributed by atoms with Crippen LogP contribution in [0, 0.1) is 5.92 Å². The molecule has 0 aliphatic rings. The molecule has 0 heterocycles. The van der Waals surface area contributed by atoms with Gasteiger partial charge in [-0.2, -0.15) is 0 Å². The molecule has 0 saturated carbocycles. The molecule has 0 rings (SSSR count). The predicted octanol–water partition coefficient (Wildman–Crippen LogP) is 0.782. The maximum Gasteiger partial charge on any atom is 0.205 e. The van der Waals surface area contributed by atoms with Crippen LogP contribution in [0.25, 0.3) is 0 Å². The average Bonchev–Trinajstić information content (AvgIpc) is 2.25. The molecule has 17 heavy (non-hydrogen) atoms. The van der Waals surface area contributed by atoms with Crippen molar-refractivity contribution in [2.75, 3.05) is 27.2 Å². The summed E-state index contributed by atoms with van der Waals surface area (Å²) in [7, 11) is 4.14. The summed E-state index contributed by atoms with van der Waals surface area (Å²) in [5.41, 5.74) is 2.64. The minimum absolute atomic E-state index is 0.349. The van der Waals surface area contributed by atoms with Crippen LogP contribution in [0.15, 0.2) is 4.99 Å². The first-order valence-electron chi connectivity index (χ1n) is 6.43. The van der Waals surface area contributed by atoms with E-state index in [0.29, 0.717) is 17.9 Å². The number of nitrogens with zero attached hydrogens (tertiary/aromatic N) is 2. The normalized spacial score (nSPS) is 14.2. The van der Waals surface area contributed by atoms with Crippen molar-refractivity contribution in [3.63, 3.8) is 0 Å². The van der Waals surface area contributed by atoms with Crippen molar-refractivity contribution in [1.29, 1.82) is 0 Å². The van der Waals surface area contributed by atoms with E-state index in [0.717, 1.165) is 25.9 Å². The number of hydrogen-bond donors (Lipinski definition) is 3. The summed E-state index contributed by atoms with van der Waals surface area (Å²) in [6.45, 7) is 8.33. The number of aliphatic imine (C=N–C) groups is 1. The molecule has 0 aromatic carbocycles. The van der Waals surface area contributed by atoms with E-state index in [2.05, 4.69) is 55.5 Å². The number of hydrazine groups is 1. The van der Waals surface area contributed by atoms with Gasteiger partial charge in [0, 0.05) is 19.1 Å². The maximum absolute atomic E-state index is 5.48. The molecule has 1 unspecified atom stereocenters. The number of guanidine groups is 1. The van der Waals surface area contributed by atoms with Gasteiger partial charge in [-0.3, -0.25) is 10.4 Å². The molecule has 102 valence electrons. The standard InChI is InChI=1S/C12H29N5/c1-6-7-8-14-12(16-13)15-11(10(2)3)9-17(4)5/h10-11H,6-9,13H2,1-5H3,(H2,14,15,16). The third-order valence-corrected chi connectivity index (χ3v) is 2.61. The van der Waals surface area contributed by atoms with Gasteiger partial charge >= 0.3 is 0 Å². The SMILES string of the molecule is CCCCN=C(NN)NC(CN(C)C)C(C)C. The molecule has 0 spiro atoms. The van der Waals surface area contributed by atoms with Gasteiger partial charge < -0.3 is 10.2 Å². The first kappa shape index (κ1) is 16.2. The minimum atomic E-state index is 0.349. The maximum atomic E-state index is 5.48. The van der Waals surface area contributed by atoms with Crippen molar-refractivity contribution in [2.24, 2.45) is 16.8 Å². The van der Waals surface area contributed by atoms with Crippen LogP contribution < -0.4 is 16.6 Å². The highest BCUT2D eigenvalue weighted by Gasteiger charge is 2.15. The zero-order valence-corrected chi connectivity index (χ0v) is 12.0. The summed E-state index contributed by atoms with van der Waals surface area (Å²) in [5.74, 6) is 6.70. The zero-order chi connectivity index (χ0) is 13.3. The second-order valence-electron chi connectivity index (χ2n) is 4.99. The van der Waals surface area contributed by atoms with Crippen LogP contribution in [-0.4, -0.2) is 44.1 Å². The molecular weight excluding hydrogens is 214 g/mol. The molecule has 0 aromatic rings. The average molecular weight is 243 g/mol. The van der Waals surface area contributed by atoms with E-state index in [4.69, 9.17) is 5.84 Å². The van der Waals surface area contributed by atoms with Crippen LogP contribution in [-0.2, 0) is 0 Å². The molecule has 0 aliphatic heterocycles. The van der Waals surface area contributed by atoms with Crippen molar-refractivity contribution in [3.05, 3.63) is 0 Å². The topological polar surface area (TPSA) is 65.7 Å². The predicted molar refractivity (Wildman–Crippen MR) is 74.8 cm³/mol. The Bertz CT molecular complexity index is 213. The van der Waals surface area contributed by atoms with E-state index >= 15 is 0 Å². The lowest BCUT2D eigenvalue weighted by atomic mass is 10.0. The van der Waals surface area contributed by atoms with Gasteiger partial charge in [-0.25, -0.2) is 5.84 Å². The van der Waals surface area contributed by atoms with Crippen LogP contribution in [0.4, 0.5) is 0 Å². The molecule has 0 bridgehead atoms. The first-order chi connectivity index (χ1) is 8.01. The van der Waals surface area contributed by atoms with E-state index in [9.17, 15) is 0 Å². The van der Waals surface area contributed by atoms with Crippen molar-refractivity contribution >= 4 is 5.96 Å². The Morgan fingerprint density at radius 3 is 2.41 bits per heavy atom. The van der Waals surface area contributed by atoms with Crippen LogP contribution >= 0.6 is 0 Å². The second-order valence-corrected chi connectivity index (χ2v) is 4.99. The van der Waals surface area contributed by atoms with Gasteiger partial charge in [-0.05, 0) is 26.4 Å². The molecule has 5 heteroatoms. The summed E-state index contributed by atoms with van der Waals surface area (Å²) in [4.78, 5) is 6.58. The minimum Gasteiger partial charge on any atom is -0.351 e. The molecule has 0 amide bonds. The fourth-order valence-electron chi connectivity index (χ4n) is 1.47. The van der Waals surface area contributed by atoms with Gasteiger partial charge in [-0.15, -0.1) is 0 Å². The second kappa shape index (κ2) is 9.24. The first-order valence-corrected chi connectivity index (χ1v) is 6.43. The number of nitrogens with two attached hydrogens (primary N) is 1. The van der Waals surface area contributed by atoms with E-state index < -0.39 is 0 Å². The highest BCUT2D eigenvalue weighted by Crippen LogP contribution is 2.02. The number of nitrogens with one attached hydrogen (secondary N) is 2. The monoisotopic (exact) mass is 243 g/mol. The van der Waals surface area contributed by atoms with E-state index in [1.54, 1.807) is 0 Å². The van der Waals surface area contributed by atoms with Crippen LogP contribution in [0.1, 0.15) is 33.6 Å². The van der Waals surface area contributed by atoms with Crippen LogP contribution in [0.3, 0.4) is 0 Å². The molecule has 0 aliphatic carbocycles. The largest absolute Gasteiger partial charge is 0.351 e. The van der Waals surface area contributed by atoms with Crippen molar-refractivity contribution in [2.45, 2.75) is 39.7 Å². The van der Waals surface area contributed by atoms with Gasteiger partial charge in [0.15, 0.2) is 0 Å². The highest BCUT2D eigenvalue weighted by molar-refractivity contribution is 5.79. The smallest absolute Gasteiger partial charge is 0.205 e. The number of likely N-dealkylation sites (N-methyl/N-ethyl adjacent to an activating group) is 1. The lowest BCUT2D eigenvalue weighted by molar-refractivity contribution is 0.311. The third kappa shape index (κ3) is 7.99. The van der Waals surface area contributed by atoms with Gasteiger partial charge in [0.1, 0.15) is 0 Å². The van der Waals surface area contributed by atoms with E-state index in [1.165, 1.54) is 0 Å². The van der Waals surface area contributed by atoms with Crippen molar-refractivity contribution in [1.82, 2.24) is 15.6 Å². The molecule has 0 saturated heterocycles. The number of hydrogen-bond acceptors (Lipinski definition) is 3. The molecule has 5 nitrogen and oxygen atoms in total. The fraction of sp³-hybridized carbons (Fsp3) is 0.917. The lowest BCUT2D eigenvalue weighted by Crippen LogP contribution is -2.51. The van der Waals surface area contributed by atoms with Crippen molar-refractivity contribution < 1.29 is 0 Å². The highest BCUT2D eigenvalue weighted by atomic mass is 15.3. The molecule has 1 atom stereocenters. The summed E-state index contributed by atoms with van der Waals surface area (Å²) in [6, 6.07) is 0.349. The third-order valence-electron chi connectivity index (χ3n) is 2.61. The summed E-state index contributed by atoms with van der Waals surface area (Å²) in [5, 5.41) is 3.37. The lowest BCUT2D eigenvalue weighted by Gasteiger charge is -2.26. The zero-order valence-electron chi connectivity index (χ0n) is 12.0. The Morgan fingerprint density at radius 2 is 2.00 bits per heavy atom. The fourth-order valence-corrected chi connectivity index (χ4v) is 1.47. The molecule has 0 aromatic heterocycles. The van der Waals surface area contributed by atoms with E-state index in [1.807, 2.05) is 0 Å². The van der Waals surface area contributed by atoms with Gasteiger partial charge in [0.2, 0.25) is 5.96 Å². The van der Waals surface area contributed by atoms with Crippen LogP contribution in [0.2, 0.25) is 0 Å². The Balaban J connectivity index is 4.32. The molecule has 4 N–H and O–H groups in total. The van der Waals surface area contributed by atoms with Gasteiger partial charge in [0.05, 0.1) is 0 Å². The molecule has 0 radical (unpaired) electrons. The summed E-state index contributed by atoms with van der Waals surface area (Å²) in [6.07, 6.45) is 2.24.